The van der Waals surface area contributed by atoms with E-state index in [1.807, 2.05) is 6.07 Å². The molecule has 0 aliphatic rings. The molecule has 0 saturated carbocycles. The quantitative estimate of drug-likeness (QED) is 0.209. The topological polar surface area (TPSA) is 133 Å². The molecule has 4 rings (SSSR count). The molecule has 13 heteroatoms. The van der Waals surface area contributed by atoms with Crippen LogP contribution in [0.1, 0.15) is 21.6 Å². The molecular weight excluding hydrogens is 536 g/mol. The molecule has 0 bridgehead atoms. The summed E-state index contributed by atoms with van der Waals surface area (Å²) < 4.78 is 43.0. The van der Waals surface area contributed by atoms with Crippen molar-refractivity contribution in [2.24, 2.45) is 0 Å². The van der Waals surface area contributed by atoms with Crippen LogP contribution in [-0.4, -0.2) is 66.4 Å². The molecule has 0 aliphatic heterocycles. The monoisotopic (exact) mass is 560 g/mol. The highest BCUT2D eigenvalue weighted by molar-refractivity contribution is 7.69. The number of aromatic nitrogens is 3. The molecule has 38 heavy (non-hydrogen) atoms. The first-order valence-electron chi connectivity index (χ1n) is 11.3. The third-order valence-electron chi connectivity index (χ3n) is 5.94. The molecule has 1 N–H and O–H groups in total. The van der Waals surface area contributed by atoms with Crippen molar-refractivity contribution in [1.29, 1.82) is 0 Å². The fourth-order valence-corrected chi connectivity index (χ4v) is 4.75. The summed E-state index contributed by atoms with van der Waals surface area (Å²) in [6.07, 6.45) is 1.78. The molecule has 0 spiro atoms. The van der Waals surface area contributed by atoms with Gasteiger partial charge in [-0.2, -0.15) is 9.40 Å². The van der Waals surface area contributed by atoms with Crippen LogP contribution in [0.3, 0.4) is 0 Å². The highest BCUT2D eigenvalue weighted by Gasteiger charge is 2.21. The first kappa shape index (κ1) is 27.2. The Labute approximate surface area is 225 Å². The van der Waals surface area contributed by atoms with E-state index >= 15 is 0 Å². The van der Waals surface area contributed by atoms with Gasteiger partial charge in [0.15, 0.2) is 5.69 Å². The number of benzene rings is 2. The number of methoxy groups -OCH3 is 3. The summed E-state index contributed by atoms with van der Waals surface area (Å²) in [6.45, 7) is 0.326. The number of hydrogen-bond acceptors (Lipinski definition) is 8. The summed E-state index contributed by atoms with van der Waals surface area (Å²) in [5, 5.41) is 14.3. The van der Waals surface area contributed by atoms with Crippen LogP contribution < -0.4 is 14.2 Å². The number of aromatic carboxylic acids is 1. The molecule has 2 aromatic carbocycles. The Bertz CT molecular complexity index is 1560. The van der Waals surface area contributed by atoms with Crippen LogP contribution in [0.25, 0.3) is 16.6 Å². The number of rotatable bonds is 11. The fraction of sp³-hybridized carbons (Fsp3) is 0.240. The largest absolute Gasteiger partial charge is 0.497 e. The highest BCUT2D eigenvalue weighted by atomic mass is 35.5. The zero-order valence-corrected chi connectivity index (χ0v) is 22.4. The lowest BCUT2D eigenvalue weighted by Crippen LogP contribution is -2.24. The number of hydrogen-bond donors (Lipinski definition) is 2. The third kappa shape index (κ3) is 5.67. The summed E-state index contributed by atoms with van der Waals surface area (Å²) in [5.41, 5.74) is 2.22. The second kappa shape index (κ2) is 11.7. The van der Waals surface area contributed by atoms with E-state index in [9.17, 15) is 18.3 Å². The van der Waals surface area contributed by atoms with Gasteiger partial charge in [-0.15, -0.1) is 0 Å². The number of pyridine rings is 1. The average molecular weight is 561 g/mol. The molecule has 0 radical (unpaired) electrons. The minimum Gasteiger partial charge on any atom is -0.497 e. The lowest BCUT2D eigenvalue weighted by molar-refractivity contribution is 0.0692. The van der Waals surface area contributed by atoms with Gasteiger partial charge in [-0.25, -0.2) is 22.9 Å². The first-order chi connectivity index (χ1) is 18.2. The molecular formula is C25H25ClN4O7S. The van der Waals surface area contributed by atoms with Crippen LogP contribution in [-0.2, 0) is 23.9 Å². The number of halogens is 1. The van der Waals surface area contributed by atoms with E-state index < -0.39 is 16.9 Å². The highest BCUT2D eigenvalue weighted by Crippen LogP contribution is 2.30. The van der Waals surface area contributed by atoms with Gasteiger partial charge in [0.05, 0.1) is 32.2 Å². The van der Waals surface area contributed by atoms with E-state index in [0.29, 0.717) is 45.8 Å². The lowest BCUT2D eigenvalue weighted by Gasteiger charge is -2.18. The number of carboxylic acid groups (broad SMARTS) is 1. The number of ether oxygens (including phenoxy) is 3. The summed E-state index contributed by atoms with van der Waals surface area (Å²) in [4.78, 5) is 15.7. The van der Waals surface area contributed by atoms with Crippen LogP contribution in [0, 0.1) is 0 Å². The predicted octanol–water partition coefficient (Wildman–Crippen LogP) is 3.37. The minimum absolute atomic E-state index is 0.101. The van der Waals surface area contributed by atoms with Crippen LogP contribution in [0.4, 0.5) is 0 Å². The van der Waals surface area contributed by atoms with Crippen LogP contribution in [0.15, 0.2) is 48.7 Å². The van der Waals surface area contributed by atoms with Crippen molar-refractivity contribution in [2.45, 2.75) is 13.0 Å². The molecule has 0 aliphatic carbocycles. The van der Waals surface area contributed by atoms with Crippen molar-refractivity contribution in [3.05, 3.63) is 70.6 Å². The smallest absolute Gasteiger partial charge is 0.357 e. The van der Waals surface area contributed by atoms with Crippen LogP contribution >= 0.6 is 11.6 Å². The maximum atomic E-state index is 12.1. The molecule has 0 fully saturated rings. The molecule has 11 nitrogen and oxygen atoms in total. The van der Waals surface area contributed by atoms with E-state index in [-0.39, 0.29) is 23.9 Å². The van der Waals surface area contributed by atoms with E-state index in [1.54, 1.807) is 44.6 Å². The van der Waals surface area contributed by atoms with Crippen LogP contribution in [0.2, 0.25) is 5.15 Å². The first-order valence-corrected chi connectivity index (χ1v) is 12.8. The standard InChI is InChI=1S/C25H25ClN4O7S/c1-35-17-6-5-16(21(11-17)36-2)8-9-29(38(33)34)14-15-4-7-19(22(10-15)37-3)30-20-12-23(26)27-13-18(20)24(28-30)25(31)32/h4-7,10-13,38H,8-9,14H2,1-3H3,(H,31,32). The van der Waals surface area contributed by atoms with Crippen molar-refractivity contribution < 1.29 is 32.5 Å². The summed E-state index contributed by atoms with van der Waals surface area (Å²) in [7, 11) is 1.69. The van der Waals surface area contributed by atoms with Gasteiger partial charge in [-0.3, -0.25) is 0 Å². The Balaban J connectivity index is 1.62. The maximum absolute atomic E-state index is 12.1. The molecule has 200 valence electrons. The van der Waals surface area contributed by atoms with Gasteiger partial charge in [0.1, 0.15) is 28.1 Å². The Morgan fingerprint density at radius 1 is 1.05 bits per heavy atom. The second-order valence-electron chi connectivity index (χ2n) is 8.15. The second-order valence-corrected chi connectivity index (χ2v) is 9.58. The van der Waals surface area contributed by atoms with Gasteiger partial charge in [0.2, 0.25) is 10.9 Å². The van der Waals surface area contributed by atoms with E-state index in [4.69, 9.17) is 25.8 Å². The van der Waals surface area contributed by atoms with Crippen molar-refractivity contribution >= 4 is 39.4 Å². The molecule has 0 unspecified atom stereocenters. The van der Waals surface area contributed by atoms with Crippen molar-refractivity contribution in [3.8, 4) is 22.9 Å². The molecule has 2 heterocycles. The van der Waals surface area contributed by atoms with Crippen LogP contribution in [0.5, 0.6) is 17.2 Å². The zero-order chi connectivity index (χ0) is 27.4. The van der Waals surface area contributed by atoms with Gasteiger partial charge >= 0.3 is 5.97 Å². The summed E-state index contributed by atoms with van der Waals surface area (Å²) in [5.74, 6) is 0.411. The van der Waals surface area contributed by atoms with Crippen molar-refractivity contribution in [1.82, 2.24) is 19.1 Å². The average Bonchev–Trinajstić information content (AvgIpc) is 3.29. The van der Waals surface area contributed by atoms with Gasteiger partial charge in [-0.1, -0.05) is 23.7 Å². The maximum Gasteiger partial charge on any atom is 0.357 e. The fourth-order valence-electron chi connectivity index (χ4n) is 4.06. The minimum atomic E-state index is -2.88. The molecule has 0 amide bonds. The number of carbonyl (C=O) groups is 1. The normalized spacial score (nSPS) is 11.3. The Morgan fingerprint density at radius 3 is 2.47 bits per heavy atom. The van der Waals surface area contributed by atoms with Crippen molar-refractivity contribution in [2.75, 3.05) is 27.9 Å². The van der Waals surface area contributed by atoms with Crippen molar-refractivity contribution in [3.63, 3.8) is 0 Å². The SMILES string of the molecule is COc1ccc(CCN(Cc2ccc(-n3nc(C(=O)O)c4cnc(Cl)cc43)c(OC)c2)[SH](=O)=O)c(OC)c1. The number of carboxylic acids is 1. The molecule has 0 atom stereocenters. The predicted molar refractivity (Wildman–Crippen MR) is 141 cm³/mol. The number of nitrogens with zero attached hydrogens (tertiary/aromatic N) is 4. The third-order valence-corrected chi connectivity index (χ3v) is 6.95. The zero-order valence-electron chi connectivity index (χ0n) is 20.8. The number of fused-ring (bicyclic) bond motifs is 1. The van der Waals surface area contributed by atoms with Gasteiger partial charge in [0.25, 0.3) is 0 Å². The van der Waals surface area contributed by atoms with E-state index in [0.717, 1.165) is 5.56 Å². The Hall–Kier alpha value is -3.87. The Morgan fingerprint density at radius 2 is 1.82 bits per heavy atom. The van der Waals surface area contributed by atoms with E-state index in [2.05, 4.69) is 10.1 Å². The number of thiol groups is 1. The molecule has 4 aromatic rings. The molecule has 2 aromatic heterocycles. The van der Waals surface area contributed by atoms with Gasteiger partial charge in [-0.05, 0) is 35.7 Å². The molecule has 0 saturated heterocycles. The Kier molecular flexibility index (Phi) is 8.35. The summed E-state index contributed by atoms with van der Waals surface area (Å²) in [6, 6.07) is 12.0. The lowest BCUT2D eigenvalue weighted by atomic mass is 10.1. The van der Waals surface area contributed by atoms with E-state index in [1.165, 1.54) is 28.4 Å². The van der Waals surface area contributed by atoms with Gasteiger partial charge in [0, 0.05) is 31.4 Å². The summed E-state index contributed by atoms with van der Waals surface area (Å²) >= 11 is 6.05. The van der Waals surface area contributed by atoms with Gasteiger partial charge < -0.3 is 19.3 Å².